The molecule has 1 spiro atoms. The second kappa shape index (κ2) is 16.8. The number of carbonyl (C=O) groups excluding carboxylic acids is 4. The molecule has 21 heteroatoms. The summed E-state index contributed by atoms with van der Waals surface area (Å²) in [4.78, 5) is 81.1. The summed E-state index contributed by atoms with van der Waals surface area (Å²) < 4.78 is 65.2. The van der Waals surface area contributed by atoms with Gasteiger partial charge in [0, 0.05) is 82.2 Å². The number of amides is 4. The maximum atomic E-state index is 14.5. The Morgan fingerprint density at radius 3 is 2.25 bits per heavy atom. The second-order valence-corrected chi connectivity index (χ2v) is 18.2. The molecule has 0 saturated carbocycles. The van der Waals surface area contributed by atoms with E-state index in [-0.39, 0.29) is 64.2 Å². The van der Waals surface area contributed by atoms with Crippen LogP contribution in [0, 0.1) is 11.2 Å². The molecule has 69 heavy (non-hydrogen) atoms. The Bertz CT molecular complexity index is 3380. The number of carbonyl (C=O) groups is 4. The molecule has 7 aromatic rings. The van der Waals surface area contributed by atoms with Gasteiger partial charge >= 0.3 is 17.6 Å². The molecule has 1 atom stereocenters. The molecule has 17 nitrogen and oxygen atoms in total. The number of aromatic nitrogens is 6. The van der Waals surface area contributed by atoms with E-state index in [1.807, 2.05) is 22.8 Å². The Kier molecular flexibility index (Phi) is 10.9. The number of imidazole rings is 1. The first-order chi connectivity index (χ1) is 32.9. The summed E-state index contributed by atoms with van der Waals surface area (Å²) in [7, 11) is 3.18. The minimum atomic E-state index is -4.82. The Balaban J connectivity index is 0.911. The Labute approximate surface area is 389 Å². The Morgan fingerprint density at radius 1 is 0.855 bits per heavy atom. The molecule has 0 aliphatic carbocycles. The third kappa shape index (κ3) is 8.04. The van der Waals surface area contributed by atoms with E-state index in [4.69, 9.17) is 5.73 Å². The first-order valence-electron chi connectivity index (χ1n) is 22.3. The van der Waals surface area contributed by atoms with Gasteiger partial charge in [-0.15, -0.1) is 0 Å². The lowest BCUT2D eigenvalue weighted by atomic mass is 9.72. The normalized spacial score (nSPS) is 17.4. The number of rotatable bonds is 10. The van der Waals surface area contributed by atoms with Crippen LogP contribution in [0.3, 0.4) is 0 Å². The largest absolute Gasteiger partial charge is 0.416 e. The number of nitrogens with two attached hydrogens (primary N) is 1. The number of anilines is 2. The van der Waals surface area contributed by atoms with Crippen molar-refractivity contribution in [3.8, 4) is 16.9 Å². The molecule has 1 unspecified atom stereocenters. The van der Waals surface area contributed by atoms with Crippen LogP contribution in [0.4, 0.5) is 28.9 Å². The van der Waals surface area contributed by atoms with Crippen molar-refractivity contribution in [1.29, 1.82) is 0 Å². The number of alkyl halides is 3. The quantitative estimate of drug-likeness (QED) is 0.126. The average Bonchev–Trinajstić information content (AvgIpc) is 3.93. The number of nitrogens with zero attached hydrogens (tertiary/aromatic N) is 8. The van der Waals surface area contributed by atoms with Gasteiger partial charge in [0.25, 0.3) is 11.8 Å². The SMILES string of the molecule is Cn1ncn(-c2ccc(-c3cc4cc(C(F)(F)F)cc(C(=O)Nc5ccc(F)c(C(N)=O)c5)c4n3CCN3CC4(CCN(c5ccc6c(c5)n(C)c(=O)n6C5CCC(=O)NC5=O)CC4)C3)cc2)c1=O. The fraction of sp³-hybridized carbons (Fsp3) is 0.312. The summed E-state index contributed by atoms with van der Waals surface area (Å²) in [5.74, 6) is -3.79. The van der Waals surface area contributed by atoms with E-state index in [2.05, 4.69) is 25.5 Å². The van der Waals surface area contributed by atoms with Crippen molar-refractivity contribution in [3.63, 3.8) is 0 Å². The molecule has 3 aliphatic heterocycles. The van der Waals surface area contributed by atoms with Gasteiger partial charge in [0.15, 0.2) is 0 Å². The van der Waals surface area contributed by atoms with Crippen LogP contribution in [0.25, 0.3) is 38.9 Å². The minimum absolute atomic E-state index is 0.0237. The number of aryl methyl sites for hydroxylation is 2. The van der Waals surface area contributed by atoms with E-state index in [1.54, 1.807) is 37.4 Å². The van der Waals surface area contributed by atoms with Crippen LogP contribution in [0.2, 0.25) is 0 Å². The van der Waals surface area contributed by atoms with Crippen LogP contribution in [-0.4, -0.2) is 89.3 Å². The molecule has 356 valence electrons. The number of hydrogen-bond donors (Lipinski definition) is 3. The monoisotopic (exact) mass is 947 g/mol. The zero-order valence-corrected chi connectivity index (χ0v) is 37.3. The van der Waals surface area contributed by atoms with Gasteiger partial charge in [-0.3, -0.25) is 33.6 Å². The predicted octanol–water partition coefficient (Wildman–Crippen LogP) is 4.94. The lowest BCUT2D eigenvalue weighted by Gasteiger charge is -2.54. The zero-order valence-electron chi connectivity index (χ0n) is 37.3. The van der Waals surface area contributed by atoms with Gasteiger partial charge in [-0.25, -0.2) is 23.2 Å². The van der Waals surface area contributed by atoms with Gasteiger partial charge in [-0.2, -0.15) is 18.3 Å². The van der Waals surface area contributed by atoms with Crippen LogP contribution < -0.4 is 32.6 Å². The van der Waals surface area contributed by atoms with E-state index >= 15 is 0 Å². The second-order valence-electron chi connectivity index (χ2n) is 18.2. The number of likely N-dealkylation sites (tertiary alicyclic amines) is 1. The molecule has 0 bridgehead atoms. The smallest absolute Gasteiger partial charge is 0.371 e. The highest BCUT2D eigenvalue weighted by Gasteiger charge is 2.45. The van der Waals surface area contributed by atoms with Crippen molar-refractivity contribution in [2.45, 2.75) is 44.4 Å². The van der Waals surface area contributed by atoms with Crippen molar-refractivity contribution >= 4 is 56.9 Å². The van der Waals surface area contributed by atoms with Crippen LogP contribution in [0.15, 0.2) is 94.8 Å². The average molecular weight is 948 g/mol. The van der Waals surface area contributed by atoms with E-state index in [9.17, 15) is 46.3 Å². The van der Waals surface area contributed by atoms with Gasteiger partial charge in [0.05, 0.1) is 38.9 Å². The van der Waals surface area contributed by atoms with Gasteiger partial charge < -0.3 is 25.4 Å². The third-order valence-electron chi connectivity index (χ3n) is 13.9. The number of fused-ring (bicyclic) bond motifs is 2. The highest BCUT2D eigenvalue weighted by Crippen LogP contribution is 2.43. The first kappa shape index (κ1) is 45.0. The van der Waals surface area contributed by atoms with E-state index in [1.165, 1.54) is 37.8 Å². The van der Waals surface area contributed by atoms with Gasteiger partial charge in [0.1, 0.15) is 18.2 Å². The number of benzene rings is 4. The van der Waals surface area contributed by atoms with E-state index in [0.717, 1.165) is 69.0 Å². The summed E-state index contributed by atoms with van der Waals surface area (Å²) >= 11 is 0. The van der Waals surface area contributed by atoms with Crippen molar-refractivity contribution in [2.75, 3.05) is 42.9 Å². The van der Waals surface area contributed by atoms with Crippen LogP contribution in [0.5, 0.6) is 0 Å². The molecule has 6 heterocycles. The summed E-state index contributed by atoms with van der Waals surface area (Å²) in [5.41, 5.74) is 6.83. The van der Waals surface area contributed by atoms with E-state index in [0.29, 0.717) is 34.5 Å². The number of nitrogens with one attached hydrogen (secondary N) is 2. The molecule has 10 rings (SSSR count). The Morgan fingerprint density at radius 2 is 1.58 bits per heavy atom. The van der Waals surface area contributed by atoms with Crippen LogP contribution in [-0.2, 0) is 36.4 Å². The Hall–Kier alpha value is -7.81. The molecule has 4 N–H and O–H groups in total. The number of piperidine rings is 2. The van der Waals surface area contributed by atoms with Gasteiger partial charge in [-0.1, -0.05) is 12.1 Å². The topological polar surface area (TPSA) is 197 Å². The molecule has 3 aromatic heterocycles. The predicted molar refractivity (Wildman–Crippen MR) is 247 cm³/mol. The summed E-state index contributed by atoms with van der Waals surface area (Å²) in [6, 6.07) is 18.4. The molecular formula is C48H45F4N11O6. The highest BCUT2D eigenvalue weighted by atomic mass is 19.4. The molecular weight excluding hydrogens is 903 g/mol. The molecule has 3 aliphatic rings. The third-order valence-corrected chi connectivity index (χ3v) is 13.9. The molecule has 3 fully saturated rings. The van der Waals surface area contributed by atoms with Gasteiger partial charge in [-0.05, 0) is 97.0 Å². The fourth-order valence-corrected chi connectivity index (χ4v) is 10.2. The standard InChI is InChI=1S/C48H45F4N11O6/c1-57-39-23-32(8-10-36(39)63(45(57)68)37-11-12-40(64)56-44(37)67)60-15-13-47(14-16-60)24-59(25-47)17-18-61-38(27-3-6-31(7-4-27)62-26-54-58(2)46(62)69)20-28-19-29(48(50,51)52)21-34(41(28)61)43(66)55-30-5-9-35(49)33(22-30)42(53)65/h3-10,19-23,26,37H,11-18,24-25H2,1-2H3,(H2,53,65)(H,55,66)(H,56,64,67). The molecule has 4 amide bonds. The highest BCUT2D eigenvalue weighted by molar-refractivity contribution is 6.13. The molecule has 0 radical (unpaired) electrons. The summed E-state index contributed by atoms with van der Waals surface area (Å²) in [6.45, 7) is 3.81. The lowest BCUT2D eigenvalue weighted by Crippen LogP contribution is -2.60. The fourth-order valence-electron chi connectivity index (χ4n) is 10.2. The van der Waals surface area contributed by atoms with Crippen molar-refractivity contribution in [1.82, 2.24) is 38.3 Å². The summed E-state index contributed by atoms with van der Waals surface area (Å²) in [5, 5.41) is 9.04. The van der Waals surface area contributed by atoms with Gasteiger partial charge in [0.2, 0.25) is 11.8 Å². The lowest BCUT2D eigenvalue weighted by molar-refractivity contribution is -0.138. The van der Waals surface area contributed by atoms with Crippen molar-refractivity contribution < 1.29 is 36.7 Å². The summed E-state index contributed by atoms with van der Waals surface area (Å²) in [6.07, 6.45) is -1.29. The number of halogens is 4. The van der Waals surface area contributed by atoms with Crippen LogP contribution in [0.1, 0.15) is 58.0 Å². The maximum Gasteiger partial charge on any atom is 0.416 e. The first-order valence-corrected chi connectivity index (χ1v) is 22.3. The maximum absolute atomic E-state index is 14.5. The number of imide groups is 1. The van der Waals surface area contributed by atoms with Crippen LogP contribution >= 0.6 is 0 Å². The van der Waals surface area contributed by atoms with Crippen molar-refractivity contribution in [3.05, 3.63) is 129 Å². The molecule has 3 saturated heterocycles. The number of primary amides is 1. The van der Waals surface area contributed by atoms with E-state index < -0.39 is 46.9 Å². The number of hydrogen-bond acceptors (Lipinski definition) is 9. The minimum Gasteiger partial charge on any atom is -0.371 e. The molecule has 4 aromatic carbocycles. The van der Waals surface area contributed by atoms with Crippen molar-refractivity contribution in [2.24, 2.45) is 25.2 Å². The zero-order chi connectivity index (χ0) is 48.7.